The van der Waals surface area contributed by atoms with Gasteiger partial charge in [0.05, 0.1) is 11.6 Å². The smallest absolute Gasteiger partial charge is 0.295 e. The van der Waals surface area contributed by atoms with Crippen LogP contribution in [0.5, 0.6) is 11.5 Å². The summed E-state index contributed by atoms with van der Waals surface area (Å²) in [5.74, 6) is -1.02. The highest BCUT2D eigenvalue weighted by Crippen LogP contribution is 2.40. The van der Waals surface area contributed by atoms with Crippen LogP contribution < -0.4 is 4.74 Å². The van der Waals surface area contributed by atoms with E-state index in [1.165, 1.54) is 17.0 Å². The summed E-state index contributed by atoms with van der Waals surface area (Å²) in [5, 5.41) is 21.3. The minimum absolute atomic E-state index is 0.00836. The zero-order chi connectivity index (χ0) is 26.5. The first-order valence-corrected chi connectivity index (χ1v) is 12.3. The third kappa shape index (κ3) is 5.84. The first-order chi connectivity index (χ1) is 17.8. The molecule has 1 heterocycles. The zero-order valence-electron chi connectivity index (χ0n) is 21.3. The summed E-state index contributed by atoms with van der Waals surface area (Å²) in [6.07, 6.45) is 0.655. The molecule has 0 aromatic heterocycles. The number of carbonyl (C=O) groups excluding carboxylic acids is 2. The average molecular weight is 501 g/mol. The molecule has 3 aromatic carbocycles. The maximum atomic E-state index is 13.1. The molecular formula is C30H32N2O5. The number of phenols is 1. The topological polar surface area (TPSA) is 90.3 Å². The fourth-order valence-electron chi connectivity index (χ4n) is 4.51. The van der Waals surface area contributed by atoms with E-state index < -0.39 is 17.7 Å². The second kappa shape index (κ2) is 11.3. The highest BCUT2D eigenvalue weighted by Gasteiger charge is 2.45. The first kappa shape index (κ1) is 26.0. The molecule has 192 valence electrons. The van der Waals surface area contributed by atoms with Crippen molar-refractivity contribution in [2.75, 3.05) is 27.2 Å². The van der Waals surface area contributed by atoms with Crippen LogP contribution in [0.15, 0.2) is 78.4 Å². The Bertz CT molecular complexity index is 1310. The van der Waals surface area contributed by atoms with Gasteiger partial charge in [-0.3, -0.25) is 9.59 Å². The molecule has 1 saturated heterocycles. The molecule has 1 fully saturated rings. The fraction of sp³-hybridized carbons (Fsp3) is 0.267. The number of carbonyl (C=O) groups is 2. The van der Waals surface area contributed by atoms with Crippen LogP contribution in [0.25, 0.3) is 5.76 Å². The van der Waals surface area contributed by atoms with Crippen molar-refractivity contribution < 1.29 is 24.5 Å². The maximum absolute atomic E-state index is 13.1. The zero-order valence-corrected chi connectivity index (χ0v) is 21.3. The number of nitrogens with zero attached hydrogens (tertiary/aromatic N) is 2. The molecular weight excluding hydrogens is 468 g/mol. The number of Topliss-reactive ketones (excluding diaryl/α,β-unsaturated/α-hetero) is 1. The van der Waals surface area contributed by atoms with Gasteiger partial charge in [0.2, 0.25) is 0 Å². The van der Waals surface area contributed by atoms with E-state index in [-0.39, 0.29) is 17.1 Å². The third-order valence-electron chi connectivity index (χ3n) is 6.51. The van der Waals surface area contributed by atoms with Crippen LogP contribution in [0, 0.1) is 6.92 Å². The van der Waals surface area contributed by atoms with Crippen molar-refractivity contribution in [3.8, 4) is 11.5 Å². The second-order valence-electron chi connectivity index (χ2n) is 9.48. The molecule has 0 saturated carbocycles. The molecule has 2 N–H and O–H groups in total. The number of aryl methyl sites for hydroxylation is 1. The highest BCUT2D eigenvalue weighted by molar-refractivity contribution is 6.46. The van der Waals surface area contributed by atoms with Crippen LogP contribution in [0.4, 0.5) is 0 Å². The van der Waals surface area contributed by atoms with Gasteiger partial charge in [-0.2, -0.15) is 0 Å². The lowest BCUT2D eigenvalue weighted by molar-refractivity contribution is -0.139. The number of aliphatic hydroxyl groups is 1. The second-order valence-corrected chi connectivity index (χ2v) is 9.48. The van der Waals surface area contributed by atoms with Gasteiger partial charge in [0.15, 0.2) is 0 Å². The molecule has 4 rings (SSSR count). The third-order valence-corrected chi connectivity index (χ3v) is 6.51. The Morgan fingerprint density at radius 2 is 1.73 bits per heavy atom. The Balaban J connectivity index is 1.63. The number of amides is 1. The molecule has 0 aliphatic carbocycles. The van der Waals surface area contributed by atoms with E-state index in [1.54, 1.807) is 36.4 Å². The van der Waals surface area contributed by atoms with E-state index in [9.17, 15) is 19.8 Å². The number of benzene rings is 3. The minimum atomic E-state index is -0.800. The molecule has 1 aliphatic heterocycles. The molecule has 1 unspecified atom stereocenters. The maximum Gasteiger partial charge on any atom is 0.295 e. The van der Waals surface area contributed by atoms with Crippen molar-refractivity contribution in [1.29, 1.82) is 0 Å². The largest absolute Gasteiger partial charge is 0.508 e. The van der Waals surface area contributed by atoms with Crippen molar-refractivity contribution in [1.82, 2.24) is 9.80 Å². The quantitative estimate of drug-likeness (QED) is 0.253. The molecule has 0 radical (unpaired) electrons. The molecule has 7 nitrogen and oxygen atoms in total. The van der Waals surface area contributed by atoms with Crippen molar-refractivity contribution in [3.05, 3.63) is 101 Å². The lowest BCUT2D eigenvalue weighted by Gasteiger charge is -2.26. The van der Waals surface area contributed by atoms with Crippen molar-refractivity contribution in [2.45, 2.75) is 26.0 Å². The first-order valence-electron chi connectivity index (χ1n) is 12.3. The van der Waals surface area contributed by atoms with Crippen molar-refractivity contribution >= 4 is 17.4 Å². The predicted octanol–water partition coefficient (Wildman–Crippen LogP) is 4.65. The van der Waals surface area contributed by atoms with Gasteiger partial charge in [-0.05, 0) is 87.1 Å². The number of aliphatic hydroxyl groups excluding tert-OH is 1. The fourth-order valence-corrected chi connectivity index (χ4v) is 4.51. The Hall–Kier alpha value is -4.10. The van der Waals surface area contributed by atoms with Crippen LogP contribution in [0.2, 0.25) is 0 Å². The molecule has 1 amide bonds. The number of aromatic hydroxyl groups is 1. The van der Waals surface area contributed by atoms with E-state index in [0.29, 0.717) is 36.4 Å². The lowest BCUT2D eigenvalue weighted by atomic mass is 9.95. The summed E-state index contributed by atoms with van der Waals surface area (Å²) in [7, 11) is 3.88. The van der Waals surface area contributed by atoms with Gasteiger partial charge in [-0.15, -0.1) is 0 Å². The Kier molecular flexibility index (Phi) is 7.94. The lowest BCUT2D eigenvalue weighted by Crippen LogP contribution is -2.32. The summed E-state index contributed by atoms with van der Waals surface area (Å²) in [6, 6.07) is 20.4. The van der Waals surface area contributed by atoms with E-state index in [2.05, 4.69) is 0 Å². The van der Waals surface area contributed by atoms with E-state index >= 15 is 0 Å². The molecule has 1 aliphatic rings. The summed E-state index contributed by atoms with van der Waals surface area (Å²) in [6.45, 7) is 3.51. The summed E-state index contributed by atoms with van der Waals surface area (Å²) in [5.41, 5.74) is 3.19. The van der Waals surface area contributed by atoms with Gasteiger partial charge in [0, 0.05) is 12.1 Å². The van der Waals surface area contributed by atoms with E-state index in [0.717, 1.165) is 17.7 Å². The summed E-state index contributed by atoms with van der Waals surface area (Å²) in [4.78, 5) is 29.7. The monoisotopic (exact) mass is 500 g/mol. The van der Waals surface area contributed by atoms with Crippen molar-refractivity contribution in [2.24, 2.45) is 0 Å². The predicted molar refractivity (Wildman–Crippen MR) is 142 cm³/mol. The number of hydrogen-bond donors (Lipinski definition) is 2. The minimum Gasteiger partial charge on any atom is -0.508 e. The van der Waals surface area contributed by atoms with Gasteiger partial charge in [-0.1, -0.05) is 36.4 Å². The number of likely N-dealkylation sites (tertiary alicyclic amines) is 1. The molecule has 0 bridgehead atoms. The normalized spacial score (nSPS) is 17.0. The highest BCUT2D eigenvalue weighted by atomic mass is 16.5. The van der Waals surface area contributed by atoms with Crippen LogP contribution in [-0.4, -0.2) is 58.9 Å². The Labute approximate surface area is 217 Å². The number of phenolic OH excluding ortho intramolecular Hbond substituents is 1. The molecule has 3 aromatic rings. The number of ether oxygens (including phenoxy) is 1. The van der Waals surface area contributed by atoms with Gasteiger partial charge >= 0.3 is 0 Å². The van der Waals surface area contributed by atoms with Crippen molar-refractivity contribution in [3.63, 3.8) is 0 Å². The molecule has 7 heteroatoms. The molecule has 0 spiro atoms. The molecule has 37 heavy (non-hydrogen) atoms. The SMILES string of the molecule is Cc1ccccc1COc1ccc(/C(O)=C2/C(=O)C(=O)N(CCCN(C)C)C2c2cccc(O)c2)cc1. The van der Waals surface area contributed by atoms with Gasteiger partial charge in [0.1, 0.15) is 23.9 Å². The number of hydrogen-bond acceptors (Lipinski definition) is 6. The standard InChI is InChI=1S/C30H32N2O5/c1-20-8-4-5-9-23(20)19-37-25-14-12-21(13-15-25)28(34)26-27(22-10-6-11-24(33)18-22)32(30(36)29(26)35)17-7-16-31(2)3/h4-6,8-15,18,27,33-34H,7,16-17,19H2,1-3H3/b28-26-. The number of rotatable bonds is 9. The molecule has 1 atom stereocenters. The van der Waals surface area contributed by atoms with Gasteiger partial charge < -0.3 is 24.7 Å². The van der Waals surface area contributed by atoms with Crippen LogP contribution in [0.1, 0.15) is 34.7 Å². The van der Waals surface area contributed by atoms with Crippen LogP contribution >= 0.6 is 0 Å². The van der Waals surface area contributed by atoms with E-state index in [1.807, 2.05) is 50.2 Å². The van der Waals surface area contributed by atoms with Gasteiger partial charge in [-0.25, -0.2) is 0 Å². The number of ketones is 1. The van der Waals surface area contributed by atoms with Crippen LogP contribution in [-0.2, 0) is 16.2 Å². The average Bonchev–Trinajstić information content (AvgIpc) is 3.13. The Morgan fingerprint density at radius 1 is 1.00 bits per heavy atom. The Morgan fingerprint density at radius 3 is 2.41 bits per heavy atom. The summed E-state index contributed by atoms with van der Waals surface area (Å²) < 4.78 is 5.90. The van der Waals surface area contributed by atoms with Crippen LogP contribution in [0.3, 0.4) is 0 Å². The van der Waals surface area contributed by atoms with Gasteiger partial charge in [0.25, 0.3) is 11.7 Å². The van der Waals surface area contributed by atoms with E-state index in [4.69, 9.17) is 4.74 Å². The summed E-state index contributed by atoms with van der Waals surface area (Å²) >= 11 is 0.